The number of aromatic nitrogens is 1. The van der Waals surface area contributed by atoms with Crippen molar-refractivity contribution in [2.45, 2.75) is 18.1 Å². The molecule has 0 aliphatic heterocycles. The Bertz CT molecular complexity index is 626. The summed E-state index contributed by atoms with van der Waals surface area (Å²) >= 11 is -1.07. The van der Waals surface area contributed by atoms with Gasteiger partial charge in [-0.2, -0.15) is 0 Å². The van der Waals surface area contributed by atoms with E-state index < -0.39 is 14.1 Å². The summed E-state index contributed by atoms with van der Waals surface area (Å²) in [6.07, 6.45) is 9.79. The van der Waals surface area contributed by atoms with Crippen molar-refractivity contribution in [2.75, 3.05) is 0 Å². The van der Waals surface area contributed by atoms with Gasteiger partial charge in [0.1, 0.15) is 0 Å². The van der Waals surface area contributed by atoms with Gasteiger partial charge in [0.2, 0.25) is 0 Å². The smallest absolute Gasteiger partial charge is 0.147 e. The first-order valence-corrected chi connectivity index (χ1v) is 8.92. The van der Waals surface area contributed by atoms with Crippen molar-refractivity contribution < 1.29 is 14.1 Å². The quantitative estimate of drug-likeness (QED) is 0.752. The predicted octanol–water partition coefficient (Wildman–Crippen LogP) is 4.77. The molecular weight excluding hydrogens is 353 g/mol. The third-order valence-corrected chi connectivity index (χ3v) is 7.53. The Balaban J connectivity index is 0.00000121. The second-order valence-electron chi connectivity index (χ2n) is 4.81. The minimum Gasteiger partial charge on any atom is -0.147 e. The summed E-state index contributed by atoms with van der Waals surface area (Å²) in [6, 6.07) is 17.2. The summed E-state index contributed by atoms with van der Waals surface area (Å²) in [4.78, 5) is 4.58. The fourth-order valence-electron chi connectivity index (χ4n) is 2.48. The van der Waals surface area contributed by atoms with Crippen LogP contribution >= 0.6 is 24.8 Å². The molecular formula is C18H20Cl2CrN. The second-order valence-corrected chi connectivity index (χ2v) is 8.53. The van der Waals surface area contributed by atoms with Gasteiger partial charge in [0, 0.05) is 0 Å². The van der Waals surface area contributed by atoms with E-state index in [1.165, 1.54) is 10.1 Å². The van der Waals surface area contributed by atoms with Gasteiger partial charge < -0.3 is 0 Å². The summed E-state index contributed by atoms with van der Waals surface area (Å²) in [5.41, 5.74) is 1.22. The maximum atomic E-state index is 4.58. The van der Waals surface area contributed by atoms with Gasteiger partial charge in [0.15, 0.2) is 0 Å². The van der Waals surface area contributed by atoms with Gasteiger partial charge in [-0.15, -0.1) is 24.8 Å². The average Bonchev–Trinajstić information content (AvgIpc) is 3.03. The van der Waals surface area contributed by atoms with Gasteiger partial charge in [-0.1, -0.05) is 0 Å². The molecule has 1 atom stereocenters. The number of hydrogen-bond acceptors (Lipinski definition) is 1. The molecule has 1 aromatic heterocycles. The van der Waals surface area contributed by atoms with Crippen molar-refractivity contribution >= 4 is 29.2 Å². The topological polar surface area (TPSA) is 12.9 Å². The standard InChI is InChI=1S/C7H8N.C6H5.C5H5.2ClH.Cr/c1-2-7-5-3-4-6-8-7;1-2-4-6-5-3-1;1-2-4-5-3-1;;;/h2-6H,1H3;1-5H;1-3H,4H2;2*1H;. The number of allylic oxidation sites excluding steroid dienone is 4. The van der Waals surface area contributed by atoms with E-state index in [0.717, 1.165) is 6.42 Å². The van der Waals surface area contributed by atoms with E-state index >= 15 is 0 Å². The molecule has 4 heteroatoms. The Labute approximate surface area is 149 Å². The van der Waals surface area contributed by atoms with Crippen LogP contribution in [0.1, 0.15) is 23.8 Å². The molecule has 0 spiro atoms. The van der Waals surface area contributed by atoms with Crippen LogP contribution in [-0.4, -0.2) is 4.98 Å². The van der Waals surface area contributed by atoms with Crippen LogP contribution in [-0.2, 0) is 14.1 Å². The van der Waals surface area contributed by atoms with Gasteiger partial charge in [-0.3, -0.25) is 0 Å². The molecule has 0 saturated heterocycles. The largest absolute Gasteiger partial charge is 0.147 e. The molecule has 1 unspecified atom stereocenters. The number of pyridine rings is 1. The van der Waals surface area contributed by atoms with Crippen LogP contribution < -0.4 is 4.43 Å². The minimum atomic E-state index is -1.07. The molecule has 1 aromatic carbocycles. The van der Waals surface area contributed by atoms with Gasteiger partial charge >= 0.3 is 125 Å². The summed E-state index contributed by atoms with van der Waals surface area (Å²) in [5, 5.41) is 0. The molecule has 1 nitrogen and oxygen atoms in total. The zero-order valence-electron chi connectivity index (χ0n) is 12.4. The van der Waals surface area contributed by atoms with E-state index in [0.29, 0.717) is 4.78 Å². The van der Waals surface area contributed by atoms with Gasteiger partial charge in [0.25, 0.3) is 0 Å². The maximum absolute atomic E-state index is 4.58. The van der Waals surface area contributed by atoms with Gasteiger partial charge in [-0.05, 0) is 0 Å². The zero-order chi connectivity index (χ0) is 13.8. The van der Waals surface area contributed by atoms with Crippen LogP contribution in [0.5, 0.6) is 0 Å². The van der Waals surface area contributed by atoms with E-state index in [2.05, 4.69) is 72.6 Å². The third-order valence-electron chi connectivity index (χ3n) is 3.47. The Hall–Kier alpha value is -1.04. The van der Waals surface area contributed by atoms with Crippen molar-refractivity contribution in [3.05, 3.63) is 83.1 Å². The maximum Gasteiger partial charge on any atom is -0.147 e. The molecule has 3 rings (SSSR count). The van der Waals surface area contributed by atoms with Gasteiger partial charge in [-0.25, -0.2) is 0 Å². The first-order chi connectivity index (χ1) is 9.86. The monoisotopic (exact) mass is 372 g/mol. The second kappa shape index (κ2) is 9.18. The van der Waals surface area contributed by atoms with Crippen LogP contribution in [0.4, 0.5) is 0 Å². The van der Waals surface area contributed by atoms with Crippen LogP contribution in [0.15, 0.2) is 77.4 Å². The van der Waals surface area contributed by atoms with E-state index in [4.69, 9.17) is 0 Å². The fraction of sp³-hybridized carbons (Fsp3) is 0.167. The Morgan fingerprint density at radius 2 is 1.73 bits per heavy atom. The van der Waals surface area contributed by atoms with Gasteiger partial charge in [0.05, 0.1) is 0 Å². The molecule has 22 heavy (non-hydrogen) atoms. The molecule has 117 valence electrons. The van der Waals surface area contributed by atoms with Crippen LogP contribution in [0, 0.1) is 0 Å². The summed E-state index contributed by atoms with van der Waals surface area (Å²) < 4.78 is 3.61. The first kappa shape index (κ1) is 19.0. The average molecular weight is 373 g/mol. The molecule has 0 bridgehead atoms. The Morgan fingerprint density at radius 3 is 2.32 bits per heavy atom. The molecule has 1 heterocycles. The molecule has 0 amide bonds. The number of hydrogen-bond donors (Lipinski definition) is 0. The number of halogens is 2. The fourth-order valence-corrected chi connectivity index (χ4v) is 6.38. The van der Waals surface area contributed by atoms with Crippen molar-refractivity contribution in [1.29, 1.82) is 0 Å². The van der Waals surface area contributed by atoms with E-state index in [1.807, 2.05) is 12.3 Å². The zero-order valence-corrected chi connectivity index (χ0v) is 15.3. The number of rotatable bonds is 4. The molecule has 1 aliphatic rings. The summed E-state index contributed by atoms with van der Waals surface area (Å²) in [5.74, 6) is 0. The van der Waals surface area contributed by atoms with E-state index in [1.54, 1.807) is 4.44 Å². The molecule has 0 saturated carbocycles. The Morgan fingerprint density at radius 1 is 1.00 bits per heavy atom. The van der Waals surface area contributed by atoms with Crippen LogP contribution in [0.25, 0.3) is 0 Å². The molecule has 0 radical (unpaired) electrons. The third kappa shape index (κ3) is 4.25. The van der Waals surface area contributed by atoms with Crippen LogP contribution in [0.3, 0.4) is 0 Å². The normalized spacial score (nSPS) is 14.0. The van der Waals surface area contributed by atoms with E-state index in [9.17, 15) is 0 Å². The van der Waals surface area contributed by atoms with Crippen LogP contribution in [0.2, 0.25) is 0 Å². The van der Waals surface area contributed by atoms with E-state index in [-0.39, 0.29) is 24.8 Å². The molecule has 1 aliphatic carbocycles. The molecule has 0 fully saturated rings. The summed E-state index contributed by atoms with van der Waals surface area (Å²) in [7, 11) is 0. The number of benzene rings is 1. The molecule has 0 N–H and O–H groups in total. The summed E-state index contributed by atoms with van der Waals surface area (Å²) in [6.45, 7) is 2.33. The van der Waals surface area contributed by atoms with Crippen molar-refractivity contribution in [3.63, 3.8) is 0 Å². The number of nitrogens with zero attached hydrogens (tertiary/aromatic N) is 1. The SMILES string of the molecule is C[CH](c1ccccn1)[Cr]([C]1=CC=CC1)[c]1ccccc1.Cl.Cl. The molecule has 2 aromatic rings. The van der Waals surface area contributed by atoms with Crippen molar-refractivity contribution in [1.82, 2.24) is 4.98 Å². The first-order valence-electron chi connectivity index (χ1n) is 6.91. The minimum absolute atomic E-state index is 0. The van der Waals surface area contributed by atoms with Crippen molar-refractivity contribution in [3.8, 4) is 0 Å². The predicted molar refractivity (Wildman–Crippen MR) is 95.1 cm³/mol. The Kier molecular flexibility index (Phi) is 7.93. The van der Waals surface area contributed by atoms with Crippen molar-refractivity contribution in [2.24, 2.45) is 0 Å².